The van der Waals surface area contributed by atoms with Gasteiger partial charge in [-0.15, -0.1) is 0 Å². The summed E-state index contributed by atoms with van der Waals surface area (Å²) in [6.07, 6.45) is 4.35. The molecule has 0 N–H and O–H groups in total. The Morgan fingerprint density at radius 3 is 2.92 bits per heavy atom. The monoisotopic (exact) mass is 169 g/mol. The van der Waals surface area contributed by atoms with Gasteiger partial charge in [-0.25, -0.2) is 0 Å². The summed E-state index contributed by atoms with van der Waals surface area (Å²) in [6, 6.07) is -0.147. The first-order valence-electron chi connectivity index (χ1n) is 4.54. The van der Waals surface area contributed by atoms with Crippen molar-refractivity contribution in [3.63, 3.8) is 0 Å². The third-order valence-corrected chi connectivity index (χ3v) is 2.33. The average Bonchev–Trinajstić information content (AvgIpc) is 2.16. The number of carbonyl (C=O) groups is 2. The molecule has 1 aliphatic rings. The fraction of sp³-hybridized carbons (Fsp3) is 0.778. The summed E-state index contributed by atoms with van der Waals surface area (Å²) < 4.78 is 0. The molecule has 1 unspecified atom stereocenters. The lowest BCUT2D eigenvalue weighted by Gasteiger charge is -2.32. The van der Waals surface area contributed by atoms with Gasteiger partial charge in [0.15, 0.2) is 0 Å². The van der Waals surface area contributed by atoms with E-state index in [1.807, 2.05) is 6.92 Å². The van der Waals surface area contributed by atoms with Crippen molar-refractivity contribution in [3.05, 3.63) is 0 Å². The number of hydrogen-bond donors (Lipinski definition) is 0. The summed E-state index contributed by atoms with van der Waals surface area (Å²) in [5.41, 5.74) is 0. The Kier molecular flexibility index (Phi) is 3.26. The number of nitrogens with zero attached hydrogens (tertiary/aromatic N) is 1. The summed E-state index contributed by atoms with van der Waals surface area (Å²) in [6.45, 7) is 2.59. The van der Waals surface area contributed by atoms with E-state index in [-0.39, 0.29) is 11.9 Å². The third-order valence-electron chi connectivity index (χ3n) is 2.33. The molecule has 0 spiro atoms. The Hall–Kier alpha value is -0.860. The zero-order valence-corrected chi connectivity index (χ0v) is 7.45. The Labute approximate surface area is 72.7 Å². The van der Waals surface area contributed by atoms with Crippen LogP contribution in [0.5, 0.6) is 0 Å². The molecule has 3 heteroatoms. The van der Waals surface area contributed by atoms with Crippen LogP contribution < -0.4 is 0 Å². The molecular formula is C9H15NO2. The van der Waals surface area contributed by atoms with E-state index in [1.54, 1.807) is 4.90 Å². The van der Waals surface area contributed by atoms with Gasteiger partial charge < -0.3 is 9.69 Å². The van der Waals surface area contributed by atoms with Crippen LogP contribution in [0.1, 0.15) is 32.6 Å². The van der Waals surface area contributed by atoms with E-state index in [1.165, 1.54) is 0 Å². The van der Waals surface area contributed by atoms with Gasteiger partial charge in [0.2, 0.25) is 5.91 Å². The number of rotatable bonds is 2. The van der Waals surface area contributed by atoms with Crippen molar-refractivity contribution in [2.24, 2.45) is 0 Å². The van der Waals surface area contributed by atoms with Gasteiger partial charge in [0, 0.05) is 13.0 Å². The molecule has 68 valence electrons. The van der Waals surface area contributed by atoms with E-state index in [0.717, 1.165) is 32.1 Å². The molecule has 0 aliphatic carbocycles. The van der Waals surface area contributed by atoms with Crippen molar-refractivity contribution in [2.75, 3.05) is 6.54 Å². The van der Waals surface area contributed by atoms with Crippen LogP contribution in [0.2, 0.25) is 0 Å². The van der Waals surface area contributed by atoms with Crippen LogP contribution in [0.15, 0.2) is 0 Å². The highest BCUT2D eigenvalue weighted by Crippen LogP contribution is 2.15. The summed E-state index contributed by atoms with van der Waals surface area (Å²) in [5.74, 6) is 0.104. The van der Waals surface area contributed by atoms with Crippen LogP contribution in [0, 0.1) is 0 Å². The number of amides is 1. The van der Waals surface area contributed by atoms with Gasteiger partial charge >= 0.3 is 0 Å². The zero-order chi connectivity index (χ0) is 8.97. The minimum Gasteiger partial charge on any atom is -0.333 e. The summed E-state index contributed by atoms with van der Waals surface area (Å²) in [5, 5.41) is 0. The normalized spacial score (nSPS) is 23.8. The van der Waals surface area contributed by atoms with Gasteiger partial charge in [0.1, 0.15) is 6.29 Å². The molecule has 1 amide bonds. The molecular weight excluding hydrogens is 154 g/mol. The predicted molar refractivity (Wildman–Crippen MR) is 45.7 cm³/mol. The maximum absolute atomic E-state index is 11.3. The van der Waals surface area contributed by atoms with Crippen LogP contribution in [-0.2, 0) is 9.59 Å². The molecule has 1 aliphatic heterocycles. The number of piperidine rings is 1. The van der Waals surface area contributed by atoms with Gasteiger partial charge in [0.25, 0.3) is 0 Å². The predicted octanol–water partition coefficient (Wildman–Crippen LogP) is 0.976. The number of hydrogen-bond acceptors (Lipinski definition) is 2. The van der Waals surface area contributed by atoms with Crippen molar-refractivity contribution in [2.45, 2.75) is 38.6 Å². The summed E-state index contributed by atoms with van der Waals surface area (Å²) in [4.78, 5) is 23.6. The molecule has 1 saturated heterocycles. The first-order valence-corrected chi connectivity index (χ1v) is 4.54. The summed E-state index contributed by atoms with van der Waals surface area (Å²) in [7, 11) is 0. The lowest BCUT2D eigenvalue weighted by atomic mass is 10.0. The lowest BCUT2D eigenvalue weighted by Crippen LogP contribution is -2.44. The molecule has 1 heterocycles. The smallest absolute Gasteiger partial charge is 0.222 e. The van der Waals surface area contributed by atoms with Gasteiger partial charge in [-0.2, -0.15) is 0 Å². The van der Waals surface area contributed by atoms with E-state index in [2.05, 4.69) is 0 Å². The molecule has 1 rings (SSSR count). The lowest BCUT2D eigenvalue weighted by molar-refractivity contribution is -0.137. The van der Waals surface area contributed by atoms with E-state index < -0.39 is 0 Å². The SMILES string of the molecule is CCC(=O)N1CCCCC1C=O. The Bertz CT molecular complexity index is 179. The van der Waals surface area contributed by atoms with Crippen LogP contribution in [0.4, 0.5) is 0 Å². The molecule has 12 heavy (non-hydrogen) atoms. The average molecular weight is 169 g/mol. The number of aldehydes is 1. The topological polar surface area (TPSA) is 37.4 Å². The Morgan fingerprint density at radius 1 is 1.58 bits per heavy atom. The first-order chi connectivity index (χ1) is 5.79. The molecule has 1 fully saturated rings. The second-order valence-electron chi connectivity index (χ2n) is 3.14. The van der Waals surface area contributed by atoms with Crippen molar-refractivity contribution in [3.8, 4) is 0 Å². The van der Waals surface area contributed by atoms with Gasteiger partial charge in [-0.05, 0) is 19.3 Å². The molecule has 1 atom stereocenters. The Morgan fingerprint density at radius 2 is 2.33 bits per heavy atom. The summed E-state index contributed by atoms with van der Waals surface area (Å²) >= 11 is 0. The van der Waals surface area contributed by atoms with Crippen molar-refractivity contribution >= 4 is 12.2 Å². The van der Waals surface area contributed by atoms with Gasteiger partial charge in [-0.3, -0.25) is 4.79 Å². The molecule has 0 aromatic heterocycles. The van der Waals surface area contributed by atoms with Crippen LogP contribution in [0.25, 0.3) is 0 Å². The Balaban J connectivity index is 2.58. The molecule has 0 aromatic carbocycles. The standard InChI is InChI=1S/C9H15NO2/c1-2-9(12)10-6-4-3-5-8(10)7-11/h7-8H,2-6H2,1H3. The van der Waals surface area contributed by atoms with E-state index in [4.69, 9.17) is 0 Å². The minimum atomic E-state index is -0.147. The van der Waals surface area contributed by atoms with Crippen molar-refractivity contribution < 1.29 is 9.59 Å². The number of carbonyl (C=O) groups excluding carboxylic acids is 2. The van der Waals surface area contributed by atoms with Crippen LogP contribution in [0.3, 0.4) is 0 Å². The first kappa shape index (κ1) is 9.23. The fourth-order valence-corrected chi connectivity index (χ4v) is 1.61. The molecule has 0 aromatic rings. The zero-order valence-electron chi connectivity index (χ0n) is 7.45. The quantitative estimate of drug-likeness (QED) is 0.578. The maximum atomic E-state index is 11.3. The highest BCUT2D eigenvalue weighted by Gasteiger charge is 2.24. The highest BCUT2D eigenvalue weighted by atomic mass is 16.2. The second-order valence-corrected chi connectivity index (χ2v) is 3.14. The van der Waals surface area contributed by atoms with E-state index in [9.17, 15) is 9.59 Å². The van der Waals surface area contributed by atoms with Crippen LogP contribution >= 0.6 is 0 Å². The van der Waals surface area contributed by atoms with Crippen molar-refractivity contribution in [1.82, 2.24) is 4.90 Å². The minimum absolute atomic E-state index is 0.104. The third kappa shape index (κ3) is 1.84. The van der Waals surface area contributed by atoms with E-state index in [0.29, 0.717) is 6.42 Å². The molecule has 0 radical (unpaired) electrons. The fourth-order valence-electron chi connectivity index (χ4n) is 1.61. The second kappa shape index (κ2) is 4.24. The molecule has 3 nitrogen and oxygen atoms in total. The van der Waals surface area contributed by atoms with E-state index >= 15 is 0 Å². The highest BCUT2D eigenvalue weighted by molar-refractivity contribution is 5.79. The number of likely N-dealkylation sites (tertiary alicyclic amines) is 1. The van der Waals surface area contributed by atoms with Crippen molar-refractivity contribution in [1.29, 1.82) is 0 Å². The van der Waals surface area contributed by atoms with Crippen LogP contribution in [-0.4, -0.2) is 29.7 Å². The molecule has 0 bridgehead atoms. The maximum Gasteiger partial charge on any atom is 0.222 e. The molecule has 0 saturated carbocycles. The van der Waals surface area contributed by atoms with Gasteiger partial charge in [0.05, 0.1) is 6.04 Å². The van der Waals surface area contributed by atoms with Gasteiger partial charge in [-0.1, -0.05) is 6.92 Å². The largest absolute Gasteiger partial charge is 0.333 e.